The van der Waals surface area contributed by atoms with Crippen LogP contribution in [0.2, 0.25) is 0 Å². The molecule has 0 radical (unpaired) electrons. The summed E-state index contributed by atoms with van der Waals surface area (Å²) in [5.74, 6) is -0.0721. The highest BCUT2D eigenvalue weighted by Gasteiger charge is 2.35. The number of para-hydroxylation sites is 1. The van der Waals surface area contributed by atoms with Crippen LogP contribution in [0.4, 0.5) is 4.39 Å². The van der Waals surface area contributed by atoms with E-state index < -0.39 is 6.17 Å². The third-order valence-corrected chi connectivity index (χ3v) is 4.90. The zero-order chi connectivity index (χ0) is 18.1. The molecule has 1 N–H and O–H groups in total. The minimum Gasteiger partial charge on any atom is -0.298 e. The Morgan fingerprint density at radius 2 is 2.00 bits per heavy atom. The zero-order valence-electron chi connectivity index (χ0n) is 13.7. The van der Waals surface area contributed by atoms with Gasteiger partial charge in [0.1, 0.15) is 11.5 Å². The fourth-order valence-corrected chi connectivity index (χ4v) is 3.50. The number of carbonyl (C=O) groups is 1. The molecular formula is C19H15FN4OS. The van der Waals surface area contributed by atoms with Gasteiger partial charge in [-0.3, -0.25) is 15.1 Å². The van der Waals surface area contributed by atoms with Gasteiger partial charge in [0.05, 0.1) is 5.36 Å². The first-order chi connectivity index (χ1) is 12.7. The highest BCUT2D eigenvalue weighted by atomic mass is 32.2. The van der Waals surface area contributed by atoms with Gasteiger partial charge in [-0.05, 0) is 12.1 Å². The van der Waals surface area contributed by atoms with Gasteiger partial charge in [0.15, 0.2) is 11.3 Å². The van der Waals surface area contributed by atoms with Crippen LogP contribution in [0.15, 0.2) is 71.3 Å². The highest BCUT2D eigenvalue weighted by Crippen LogP contribution is 2.31. The van der Waals surface area contributed by atoms with Crippen molar-refractivity contribution in [3.63, 3.8) is 0 Å². The molecule has 0 bridgehead atoms. The van der Waals surface area contributed by atoms with Crippen molar-refractivity contribution >= 4 is 28.5 Å². The van der Waals surface area contributed by atoms with Crippen LogP contribution in [-0.2, 0) is 4.79 Å². The van der Waals surface area contributed by atoms with E-state index in [1.54, 1.807) is 24.3 Å². The quantitative estimate of drug-likeness (QED) is 0.844. The van der Waals surface area contributed by atoms with E-state index in [1.165, 1.54) is 22.8 Å². The Hall–Kier alpha value is -2.93. The molecule has 2 aromatic rings. The molecule has 2 aliphatic rings. The Labute approximate surface area is 153 Å². The summed E-state index contributed by atoms with van der Waals surface area (Å²) in [4.78, 5) is 17.4. The normalized spacial score (nSPS) is 18.3. The molecule has 2 aliphatic heterocycles. The average Bonchev–Trinajstić information content (AvgIpc) is 2.66. The van der Waals surface area contributed by atoms with E-state index in [9.17, 15) is 9.18 Å². The molecule has 2 aromatic carbocycles. The van der Waals surface area contributed by atoms with E-state index in [1.807, 2.05) is 24.3 Å². The maximum atomic E-state index is 14.4. The van der Waals surface area contributed by atoms with E-state index in [4.69, 9.17) is 0 Å². The summed E-state index contributed by atoms with van der Waals surface area (Å²) in [5.41, 5.74) is 0.734. The second-order valence-corrected chi connectivity index (χ2v) is 6.70. The molecule has 130 valence electrons. The number of rotatable bonds is 3. The standard InChI is InChI=1S/C19H15FN4OS/c1-2-11-26-19-22-18(25)16-13-8-4-6-10-15(13)21-17(24(16)23-19)12-7-3-5-9-14(12)20/h2-10,17H,1,11H2,(H,22,23,25)/t17-/m1/s1. The van der Waals surface area contributed by atoms with Crippen molar-refractivity contribution in [2.75, 3.05) is 5.75 Å². The van der Waals surface area contributed by atoms with E-state index in [-0.39, 0.29) is 11.7 Å². The first-order valence-electron chi connectivity index (χ1n) is 8.03. The molecule has 7 heteroatoms. The number of thioether (sulfide) groups is 1. The fraction of sp³-hybridized carbons (Fsp3) is 0.105. The second kappa shape index (κ2) is 6.76. The largest absolute Gasteiger partial charge is 0.298 e. The number of carbonyl (C=O) groups excluding carboxylic acids is 1. The van der Waals surface area contributed by atoms with E-state index >= 15 is 0 Å². The molecule has 1 amide bonds. The van der Waals surface area contributed by atoms with Gasteiger partial charge in [0.2, 0.25) is 0 Å². The smallest absolute Gasteiger partial charge is 0.276 e. The van der Waals surface area contributed by atoms with Gasteiger partial charge in [-0.25, -0.2) is 9.40 Å². The molecular weight excluding hydrogens is 351 g/mol. The van der Waals surface area contributed by atoms with Crippen molar-refractivity contribution in [1.82, 2.24) is 10.3 Å². The number of hydrogen-bond acceptors (Lipinski definition) is 5. The van der Waals surface area contributed by atoms with Crippen LogP contribution >= 0.6 is 11.8 Å². The van der Waals surface area contributed by atoms with Gasteiger partial charge in [-0.1, -0.05) is 54.2 Å². The van der Waals surface area contributed by atoms with Crippen LogP contribution in [0.1, 0.15) is 11.7 Å². The molecule has 26 heavy (non-hydrogen) atoms. The minimum absolute atomic E-state index is 0.282. The third kappa shape index (κ3) is 2.80. The van der Waals surface area contributed by atoms with Crippen molar-refractivity contribution < 1.29 is 9.18 Å². The summed E-state index contributed by atoms with van der Waals surface area (Å²) >= 11 is 1.35. The van der Waals surface area contributed by atoms with E-state index in [0.717, 1.165) is 0 Å². The van der Waals surface area contributed by atoms with Crippen LogP contribution in [0.5, 0.6) is 0 Å². The van der Waals surface area contributed by atoms with Crippen molar-refractivity contribution in [1.29, 1.82) is 0 Å². The first-order valence-corrected chi connectivity index (χ1v) is 9.02. The number of nitrogens with zero attached hydrogens (tertiary/aromatic N) is 3. The molecule has 5 nitrogen and oxygen atoms in total. The number of hydrazone groups is 1. The molecule has 0 saturated carbocycles. The monoisotopic (exact) mass is 366 g/mol. The molecule has 2 heterocycles. The van der Waals surface area contributed by atoms with E-state index in [0.29, 0.717) is 32.8 Å². The lowest BCUT2D eigenvalue weighted by atomic mass is 10.1. The summed E-state index contributed by atoms with van der Waals surface area (Å²) in [7, 11) is 0. The van der Waals surface area contributed by atoms with Crippen LogP contribution < -0.4 is 15.9 Å². The molecule has 0 aliphatic carbocycles. The van der Waals surface area contributed by atoms with Gasteiger partial charge in [-0.2, -0.15) is 0 Å². The molecule has 1 atom stereocenters. The number of halogens is 1. The van der Waals surface area contributed by atoms with Crippen molar-refractivity contribution in [3.8, 4) is 0 Å². The van der Waals surface area contributed by atoms with Gasteiger partial charge in [0.25, 0.3) is 5.91 Å². The average molecular weight is 366 g/mol. The lowest BCUT2D eigenvalue weighted by Gasteiger charge is -2.34. The lowest BCUT2D eigenvalue weighted by molar-refractivity contribution is -0.116. The SMILES string of the molecule is C=CCSC1=NN2C(=c3ccccc3=N[C@H]2c2ccccc2F)C(=O)N1. The Morgan fingerprint density at radius 1 is 1.23 bits per heavy atom. The number of nitrogens with one attached hydrogen (secondary N) is 1. The molecule has 0 unspecified atom stereocenters. The zero-order valence-corrected chi connectivity index (χ0v) is 14.5. The van der Waals surface area contributed by atoms with Crippen molar-refractivity contribution in [2.45, 2.75) is 6.17 Å². The summed E-state index contributed by atoms with van der Waals surface area (Å²) in [5, 5.41) is 10.6. The van der Waals surface area contributed by atoms with Crippen LogP contribution in [-0.4, -0.2) is 21.8 Å². The Balaban J connectivity index is 1.93. The van der Waals surface area contributed by atoms with Gasteiger partial charge < -0.3 is 0 Å². The predicted octanol–water partition coefficient (Wildman–Crippen LogP) is 1.89. The Morgan fingerprint density at radius 3 is 2.81 bits per heavy atom. The summed E-state index contributed by atoms with van der Waals surface area (Å²) in [6.07, 6.45) is 0.981. The lowest BCUT2D eigenvalue weighted by Crippen LogP contribution is -2.50. The summed E-state index contributed by atoms with van der Waals surface area (Å²) < 4.78 is 14.4. The maximum Gasteiger partial charge on any atom is 0.276 e. The predicted molar refractivity (Wildman–Crippen MR) is 99.8 cm³/mol. The van der Waals surface area contributed by atoms with Crippen molar-refractivity contribution in [2.24, 2.45) is 10.1 Å². The van der Waals surface area contributed by atoms with Gasteiger partial charge in [0, 0.05) is 16.5 Å². The Kier molecular flexibility index (Phi) is 4.30. The summed E-state index contributed by atoms with van der Waals surface area (Å²) in [6, 6.07) is 13.7. The Bertz CT molecular complexity index is 1050. The number of fused-ring (bicyclic) bond motifs is 2. The van der Waals surface area contributed by atoms with Crippen LogP contribution in [0.25, 0.3) is 5.70 Å². The number of benzene rings is 2. The molecule has 0 saturated heterocycles. The minimum atomic E-state index is -0.744. The van der Waals surface area contributed by atoms with Gasteiger partial charge in [-0.15, -0.1) is 11.7 Å². The number of amidine groups is 1. The first kappa shape index (κ1) is 16.5. The molecule has 0 aromatic heterocycles. The van der Waals surface area contributed by atoms with Crippen molar-refractivity contribution in [3.05, 3.63) is 83.1 Å². The number of hydrogen-bond donors (Lipinski definition) is 1. The van der Waals surface area contributed by atoms with Crippen LogP contribution in [0, 0.1) is 5.82 Å². The highest BCUT2D eigenvalue weighted by molar-refractivity contribution is 8.14. The maximum absolute atomic E-state index is 14.4. The van der Waals surface area contributed by atoms with Crippen LogP contribution in [0.3, 0.4) is 0 Å². The molecule has 4 rings (SSSR count). The topological polar surface area (TPSA) is 57.1 Å². The third-order valence-electron chi connectivity index (χ3n) is 4.04. The fourth-order valence-electron chi connectivity index (χ4n) is 2.92. The summed E-state index contributed by atoms with van der Waals surface area (Å²) in [6.45, 7) is 3.67. The number of amides is 1. The molecule has 0 fully saturated rings. The second-order valence-electron chi connectivity index (χ2n) is 5.69. The molecule has 0 spiro atoms. The van der Waals surface area contributed by atoms with Gasteiger partial charge >= 0.3 is 0 Å². The van der Waals surface area contributed by atoms with E-state index in [2.05, 4.69) is 22.0 Å².